The zero-order valence-corrected chi connectivity index (χ0v) is 12.5. The Hall–Kier alpha value is -0.0800. The smallest absolute Gasteiger partial charge is 0.0165 e. The molecule has 0 saturated heterocycles. The van der Waals surface area contributed by atoms with Crippen molar-refractivity contribution in [3.05, 3.63) is 0 Å². The van der Waals surface area contributed by atoms with E-state index in [0.717, 1.165) is 19.5 Å². The molecule has 2 nitrogen and oxygen atoms in total. The van der Waals surface area contributed by atoms with Crippen LogP contribution in [-0.2, 0) is 0 Å². The molecule has 3 N–H and O–H groups in total. The molecule has 0 aliphatic carbocycles. The minimum Gasteiger partial charge on any atom is -0.327 e. The molecule has 0 rings (SSSR count). The largest absolute Gasteiger partial charge is 0.327 e. The fraction of sp³-hybridized carbons (Fsp3) is 1.00. The van der Waals surface area contributed by atoms with Gasteiger partial charge in [0.25, 0.3) is 0 Å². The van der Waals surface area contributed by atoms with Gasteiger partial charge in [-0.3, -0.25) is 0 Å². The number of nitrogens with two attached hydrogens (primary N) is 1. The van der Waals surface area contributed by atoms with Gasteiger partial charge in [0.05, 0.1) is 0 Å². The molecule has 1 unspecified atom stereocenters. The van der Waals surface area contributed by atoms with Crippen molar-refractivity contribution in [2.75, 3.05) is 13.1 Å². The Morgan fingerprint density at radius 2 is 1.71 bits per heavy atom. The van der Waals surface area contributed by atoms with Gasteiger partial charge in [-0.2, -0.15) is 0 Å². The van der Waals surface area contributed by atoms with Gasteiger partial charge in [-0.05, 0) is 18.3 Å². The SMILES string of the molecule is CCCCCC(C)(C)CNCC(N)CCCC. The summed E-state index contributed by atoms with van der Waals surface area (Å²) < 4.78 is 0. The summed E-state index contributed by atoms with van der Waals surface area (Å²) in [6.07, 6.45) is 8.99. The zero-order chi connectivity index (χ0) is 13.1. The van der Waals surface area contributed by atoms with Gasteiger partial charge >= 0.3 is 0 Å². The van der Waals surface area contributed by atoms with Crippen LogP contribution in [-0.4, -0.2) is 19.1 Å². The molecule has 0 aliphatic rings. The van der Waals surface area contributed by atoms with Crippen LogP contribution >= 0.6 is 0 Å². The van der Waals surface area contributed by atoms with E-state index in [0.29, 0.717) is 11.5 Å². The topological polar surface area (TPSA) is 38.0 Å². The highest BCUT2D eigenvalue weighted by Gasteiger charge is 2.16. The van der Waals surface area contributed by atoms with Crippen LogP contribution in [0.15, 0.2) is 0 Å². The maximum absolute atomic E-state index is 6.05. The normalized spacial score (nSPS) is 13.9. The van der Waals surface area contributed by atoms with Crippen molar-refractivity contribution in [1.29, 1.82) is 0 Å². The molecule has 0 aromatic heterocycles. The van der Waals surface area contributed by atoms with Crippen molar-refractivity contribution in [1.82, 2.24) is 5.32 Å². The van der Waals surface area contributed by atoms with Crippen LogP contribution in [0.4, 0.5) is 0 Å². The summed E-state index contributed by atoms with van der Waals surface area (Å²) in [5.41, 5.74) is 6.46. The lowest BCUT2D eigenvalue weighted by molar-refractivity contribution is 0.298. The molecule has 0 spiro atoms. The molecule has 0 aromatic rings. The summed E-state index contributed by atoms with van der Waals surface area (Å²) >= 11 is 0. The fourth-order valence-corrected chi connectivity index (χ4v) is 2.11. The number of nitrogens with one attached hydrogen (secondary N) is 1. The van der Waals surface area contributed by atoms with Gasteiger partial charge in [0.15, 0.2) is 0 Å². The molecule has 1 atom stereocenters. The Bertz CT molecular complexity index is 166. The summed E-state index contributed by atoms with van der Waals surface area (Å²) in [6, 6.07) is 0.335. The molecule has 0 fully saturated rings. The molecule has 0 bridgehead atoms. The third-order valence-electron chi connectivity index (χ3n) is 3.40. The minimum absolute atomic E-state index is 0.335. The summed E-state index contributed by atoms with van der Waals surface area (Å²) in [5, 5.41) is 3.54. The summed E-state index contributed by atoms with van der Waals surface area (Å²) in [6.45, 7) is 11.3. The standard InChI is InChI=1S/C15H34N2/c1-5-7-9-11-15(3,4)13-17-12-14(16)10-8-6-2/h14,17H,5-13,16H2,1-4H3. The highest BCUT2D eigenvalue weighted by Crippen LogP contribution is 2.22. The van der Waals surface area contributed by atoms with Crippen LogP contribution in [0.1, 0.15) is 72.6 Å². The van der Waals surface area contributed by atoms with E-state index < -0.39 is 0 Å². The van der Waals surface area contributed by atoms with E-state index in [1.807, 2.05) is 0 Å². The molecule has 17 heavy (non-hydrogen) atoms. The molecule has 2 heteroatoms. The van der Waals surface area contributed by atoms with Crippen molar-refractivity contribution in [2.24, 2.45) is 11.1 Å². The van der Waals surface area contributed by atoms with Gasteiger partial charge < -0.3 is 11.1 Å². The van der Waals surface area contributed by atoms with Crippen molar-refractivity contribution in [2.45, 2.75) is 78.7 Å². The number of hydrogen-bond acceptors (Lipinski definition) is 2. The van der Waals surface area contributed by atoms with Crippen LogP contribution in [0.25, 0.3) is 0 Å². The lowest BCUT2D eigenvalue weighted by Gasteiger charge is -2.26. The third kappa shape index (κ3) is 10.8. The first-order valence-electron chi connectivity index (χ1n) is 7.48. The molecular formula is C15H34N2. The number of rotatable bonds is 11. The van der Waals surface area contributed by atoms with Gasteiger partial charge in [0, 0.05) is 19.1 Å². The zero-order valence-electron chi connectivity index (χ0n) is 12.5. The van der Waals surface area contributed by atoms with Crippen LogP contribution in [0.2, 0.25) is 0 Å². The monoisotopic (exact) mass is 242 g/mol. The first-order chi connectivity index (χ1) is 8.02. The van der Waals surface area contributed by atoms with Crippen LogP contribution in [0, 0.1) is 5.41 Å². The van der Waals surface area contributed by atoms with Crippen LogP contribution < -0.4 is 11.1 Å². The van der Waals surface area contributed by atoms with E-state index in [-0.39, 0.29) is 0 Å². The van der Waals surface area contributed by atoms with Crippen LogP contribution in [0.5, 0.6) is 0 Å². The van der Waals surface area contributed by atoms with Gasteiger partial charge in [-0.1, -0.05) is 59.8 Å². The first-order valence-corrected chi connectivity index (χ1v) is 7.48. The lowest BCUT2D eigenvalue weighted by Crippen LogP contribution is -2.38. The fourth-order valence-electron chi connectivity index (χ4n) is 2.11. The molecule has 0 radical (unpaired) electrons. The first kappa shape index (κ1) is 16.9. The predicted molar refractivity (Wildman–Crippen MR) is 78.3 cm³/mol. The van der Waals surface area contributed by atoms with E-state index in [4.69, 9.17) is 5.73 Å². The van der Waals surface area contributed by atoms with Gasteiger partial charge in [-0.25, -0.2) is 0 Å². The molecule has 0 saturated carbocycles. The third-order valence-corrected chi connectivity index (χ3v) is 3.40. The Labute approximate surface area is 109 Å². The van der Waals surface area contributed by atoms with Gasteiger partial charge in [0.1, 0.15) is 0 Å². The minimum atomic E-state index is 0.335. The molecule has 0 aliphatic heterocycles. The maximum Gasteiger partial charge on any atom is 0.0165 e. The van der Waals surface area contributed by atoms with Gasteiger partial charge in [-0.15, -0.1) is 0 Å². The Morgan fingerprint density at radius 3 is 2.29 bits per heavy atom. The highest BCUT2D eigenvalue weighted by molar-refractivity contribution is 4.73. The lowest BCUT2D eigenvalue weighted by atomic mass is 9.87. The van der Waals surface area contributed by atoms with E-state index in [1.165, 1.54) is 38.5 Å². The van der Waals surface area contributed by atoms with Crippen LogP contribution in [0.3, 0.4) is 0 Å². The van der Waals surface area contributed by atoms with Crippen molar-refractivity contribution >= 4 is 0 Å². The Kier molecular flexibility index (Phi) is 9.85. The molecule has 104 valence electrons. The number of unbranched alkanes of at least 4 members (excludes halogenated alkanes) is 3. The Morgan fingerprint density at radius 1 is 1.06 bits per heavy atom. The van der Waals surface area contributed by atoms with E-state index >= 15 is 0 Å². The highest BCUT2D eigenvalue weighted by atomic mass is 14.9. The predicted octanol–water partition coefficient (Wildman–Crippen LogP) is 3.70. The Balaban J connectivity index is 3.56. The van der Waals surface area contributed by atoms with Crippen molar-refractivity contribution < 1.29 is 0 Å². The molecule has 0 amide bonds. The second-order valence-corrected chi connectivity index (χ2v) is 6.15. The average Bonchev–Trinajstić information content (AvgIpc) is 2.26. The summed E-state index contributed by atoms with van der Waals surface area (Å²) in [4.78, 5) is 0. The summed E-state index contributed by atoms with van der Waals surface area (Å²) in [7, 11) is 0. The second kappa shape index (κ2) is 9.90. The molecule has 0 aromatic carbocycles. The maximum atomic E-state index is 6.05. The van der Waals surface area contributed by atoms with E-state index in [2.05, 4.69) is 33.0 Å². The van der Waals surface area contributed by atoms with Crippen molar-refractivity contribution in [3.8, 4) is 0 Å². The summed E-state index contributed by atoms with van der Waals surface area (Å²) in [5.74, 6) is 0. The number of hydrogen-bond donors (Lipinski definition) is 2. The molecule has 0 heterocycles. The van der Waals surface area contributed by atoms with E-state index in [9.17, 15) is 0 Å². The van der Waals surface area contributed by atoms with Gasteiger partial charge in [0.2, 0.25) is 0 Å². The average molecular weight is 242 g/mol. The van der Waals surface area contributed by atoms with Crippen molar-refractivity contribution in [3.63, 3.8) is 0 Å². The molecular weight excluding hydrogens is 208 g/mol. The van der Waals surface area contributed by atoms with E-state index in [1.54, 1.807) is 0 Å². The second-order valence-electron chi connectivity index (χ2n) is 6.15. The quantitative estimate of drug-likeness (QED) is 0.542.